The summed E-state index contributed by atoms with van der Waals surface area (Å²) in [5.74, 6) is 2.84. The molecule has 0 aliphatic heterocycles. The van der Waals surface area contributed by atoms with Crippen LogP contribution in [-0.4, -0.2) is 28.5 Å². The quantitative estimate of drug-likeness (QED) is 0.745. The molecule has 16 heavy (non-hydrogen) atoms. The predicted molar refractivity (Wildman–Crippen MR) is 62.6 cm³/mol. The van der Waals surface area contributed by atoms with E-state index in [9.17, 15) is 0 Å². The van der Waals surface area contributed by atoms with Crippen molar-refractivity contribution in [1.82, 2.24) is 14.8 Å². The van der Waals surface area contributed by atoms with Crippen molar-refractivity contribution in [1.29, 1.82) is 0 Å². The van der Waals surface area contributed by atoms with Crippen LogP contribution >= 0.6 is 11.6 Å². The molecule has 0 N–H and O–H groups in total. The molecule has 1 saturated carbocycles. The van der Waals surface area contributed by atoms with Gasteiger partial charge >= 0.3 is 0 Å². The average Bonchev–Trinajstić information content (AvgIpc) is 2.74. The van der Waals surface area contributed by atoms with Gasteiger partial charge in [-0.15, -0.1) is 21.8 Å². The van der Waals surface area contributed by atoms with Crippen LogP contribution in [0, 0.1) is 5.41 Å². The second-order valence-electron chi connectivity index (χ2n) is 5.00. The molecule has 0 saturated heterocycles. The third kappa shape index (κ3) is 2.09. The number of hydrogen-bond acceptors (Lipinski definition) is 3. The number of alkyl halides is 1. The van der Waals surface area contributed by atoms with Crippen LogP contribution < -0.4 is 0 Å². The largest absolute Gasteiger partial charge is 0.383 e. The van der Waals surface area contributed by atoms with Gasteiger partial charge in [0.1, 0.15) is 11.6 Å². The fourth-order valence-electron chi connectivity index (χ4n) is 2.04. The van der Waals surface area contributed by atoms with Gasteiger partial charge in [0.25, 0.3) is 0 Å². The monoisotopic (exact) mass is 243 g/mol. The third-order valence-corrected chi connectivity index (χ3v) is 3.56. The number of ether oxygens (including phenoxy) is 1. The van der Waals surface area contributed by atoms with Crippen molar-refractivity contribution in [3.63, 3.8) is 0 Å². The summed E-state index contributed by atoms with van der Waals surface area (Å²) in [5, 5.41) is 8.41. The van der Waals surface area contributed by atoms with E-state index in [1.807, 2.05) is 0 Å². The minimum atomic E-state index is 0.363. The first kappa shape index (κ1) is 11.9. The molecule has 2 rings (SSSR count). The van der Waals surface area contributed by atoms with Gasteiger partial charge in [0.15, 0.2) is 0 Å². The number of methoxy groups -OCH3 is 1. The normalized spacial score (nSPS) is 22.4. The summed E-state index contributed by atoms with van der Waals surface area (Å²) in [6.45, 7) is 5.97. The zero-order chi connectivity index (χ0) is 11.8. The highest BCUT2D eigenvalue weighted by Gasteiger charge is 2.49. The van der Waals surface area contributed by atoms with Crippen LogP contribution in [-0.2, 0) is 17.2 Å². The number of aromatic nitrogens is 3. The van der Waals surface area contributed by atoms with Crippen LogP contribution in [0.2, 0.25) is 0 Å². The van der Waals surface area contributed by atoms with Crippen LogP contribution in [0.3, 0.4) is 0 Å². The van der Waals surface area contributed by atoms with E-state index in [1.165, 1.54) is 6.42 Å². The Morgan fingerprint density at radius 1 is 1.50 bits per heavy atom. The van der Waals surface area contributed by atoms with Crippen LogP contribution in [0.15, 0.2) is 0 Å². The molecule has 0 aromatic carbocycles. The Morgan fingerprint density at radius 2 is 2.19 bits per heavy atom. The van der Waals surface area contributed by atoms with Gasteiger partial charge in [-0.25, -0.2) is 0 Å². The first-order valence-electron chi connectivity index (χ1n) is 5.57. The molecule has 0 bridgehead atoms. The molecule has 1 aromatic rings. The smallest absolute Gasteiger partial charge is 0.148 e. The first-order chi connectivity index (χ1) is 7.60. The minimum absolute atomic E-state index is 0.363. The molecule has 0 spiro atoms. The van der Waals surface area contributed by atoms with Gasteiger partial charge in [0.05, 0.1) is 12.5 Å². The molecule has 1 unspecified atom stereocenters. The van der Waals surface area contributed by atoms with Crippen molar-refractivity contribution < 1.29 is 4.74 Å². The molecule has 1 fully saturated rings. The molecule has 1 aromatic heterocycles. The highest BCUT2D eigenvalue weighted by molar-refractivity contribution is 6.16. The standard InChI is InChI=1S/C11H18ClN3O/c1-11(2)6-8(11)10-14-13-9(7-12)15(10)4-5-16-3/h8H,4-7H2,1-3H3. The number of halogens is 1. The van der Waals surface area contributed by atoms with Crippen LogP contribution in [0.5, 0.6) is 0 Å². The van der Waals surface area contributed by atoms with Crippen LogP contribution in [0.1, 0.15) is 37.8 Å². The lowest BCUT2D eigenvalue weighted by atomic mass is 10.1. The van der Waals surface area contributed by atoms with E-state index in [1.54, 1.807) is 7.11 Å². The van der Waals surface area contributed by atoms with Gasteiger partial charge in [0, 0.05) is 19.6 Å². The van der Waals surface area contributed by atoms with Gasteiger partial charge in [0.2, 0.25) is 0 Å². The van der Waals surface area contributed by atoms with Gasteiger partial charge in [-0.1, -0.05) is 13.8 Å². The van der Waals surface area contributed by atoms with E-state index < -0.39 is 0 Å². The molecule has 1 aliphatic rings. The zero-order valence-corrected chi connectivity index (χ0v) is 10.8. The first-order valence-corrected chi connectivity index (χ1v) is 6.10. The lowest BCUT2D eigenvalue weighted by molar-refractivity contribution is 0.185. The highest BCUT2D eigenvalue weighted by atomic mass is 35.5. The SMILES string of the molecule is COCCn1c(CCl)nnc1C1CC1(C)C. The summed E-state index contributed by atoms with van der Waals surface area (Å²) in [4.78, 5) is 0. The Kier molecular flexibility index (Phi) is 3.22. The average molecular weight is 244 g/mol. The number of rotatable bonds is 5. The second kappa shape index (κ2) is 4.34. The number of nitrogens with zero attached hydrogens (tertiary/aromatic N) is 3. The number of hydrogen-bond donors (Lipinski definition) is 0. The second-order valence-corrected chi connectivity index (χ2v) is 5.27. The molecule has 0 radical (unpaired) electrons. The Bertz CT molecular complexity index is 375. The van der Waals surface area contributed by atoms with E-state index in [4.69, 9.17) is 16.3 Å². The molecule has 5 heteroatoms. The van der Waals surface area contributed by atoms with Gasteiger partial charge in [-0.2, -0.15) is 0 Å². The summed E-state index contributed by atoms with van der Waals surface area (Å²) in [6.07, 6.45) is 1.18. The van der Waals surface area contributed by atoms with Crippen molar-refractivity contribution in [2.45, 2.75) is 38.6 Å². The summed E-state index contributed by atoms with van der Waals surface area (Å²) in [6, 6.07) is 0. The Morgan fingerprint density at radius 3 is 2.69 bits per heavy atom. The van der Waals surface area contributed by atoms with E-state index in [-0.39, 0.29) is 0 Å². The molecule has 90 valence electrons. The van der Waals surface area contributed by atoms with Crippen molar-refractivity contribution in [2.24, 2.45) is 5.41 Å². The third-order valence-electron chi connectivity index (χ3n) is 3.32. The molecule has 0 amide bonds. The van der Waals surface area contributed by atoms with Crippen LogP contribution in [0.4, 0.5) is 0 Å². The molecule has 1 atom stereocenters. The Hall–Kier alpha value is -0.610. The maximum absolute atomic E-state index is 5.86. The van der Waals surface area contributed by atoms with Crippen molar-refractivity contribution in [3.05, 3.63) is 11.6 Å². The van der Waals surface area contributed by atoms with Crippen molar-refractivity contribution in [3.8, 4) is 0 Å². The molecular formula is C11H18ClN3O. The summed E-state index contributed by atoms with van der Waals surface area (Å²) in [7, 11) is 1.70. The Balaban J connectivity index is 2.21. The van der Waals surface area contributed by atoms with E-state index in [0.717, 1.165) is 18.2 Å². The van der Waals surface area contributed by atoms with Crippen molar-refractivity contribution in [2.75, 3.05) is 13.7 Å². The zero-order valence-electron chi connectivity index (χ0n) is 10.0. The maximum atomic E-state index is 5.86. The van der Waals surface area contributed by atoms with Gasteiger partial charge < -0.3 is 9.30 Å². The summed E-state index contributed by atoms with van der Waals surface area (Å²) >= 11 is 5.86. The lowest BCUT2D eigenvalue weighted by Gasteiger charge is -2.09. The molecule has 1 aliphatic carbocycles. The summed E-state index contributed by atoms with van der Waals surface area (Å²) in [5.41, 5.74) is 0.363. The van der Waals surface area contributed by atoms with E-state index in [0.29, 0.717) is 23.8 Å². The summed E-state index contributed by atoms with van der Waals surface area (Å²) < 4.78 is 7.21. The van der Waals surface area contributed by atoms with Gasteiger partial charge in [-0.3, -0.25) is 0 Å². The highest BCUT2D eigenvalue weighted by Crippen LogP contribution is 2.58. The fourth-order valence-corrected chi connectivity index (χ4v) is 2.24. The minimum Gasteiger partial charge on any atom is -0.383 e. The topological polar surface area (TPSA) is 39.9 Å². The maximum Gasteiger partial charge on any atom is 0.148 e. The fraction of sp³-hybridized carbons (Fsp3) is 0.818. The van der Waals surface area contributed by atoms with Gasteiger partial charge in [-0.05, 0) is 11.8 Å². The predicted octanol–water partition coefficient (Wildman–Crippen LogP) is 2.18. The van der Waals surface area contributed by atoms with E-state index >= 15 is 0 Å². The molecule has 4 nitrogen and oxygen atoms in total. The van der Waals surface area contributed by atoms with Crippen LogP contribution in [0.25, 0.3) is 0 Å². The molecule has 1 heterocycles. The molecular weight excluding hydrogens is 226 g/mol. The van der Waals surface area contributed by atoms with Crippen molar-refractivity contribution >= 4 is 11.6 Å². The Labute approximate surface area is 101 Å². The lowest BCUT2D eigenvalue weighted by Crippen LogP contribution is -2.11. The van der Waals surface area contributed by atoms with E-state index in [2.05, 4.69) is 28.6 Å².